The zero-order valence-corrected chi connectivity index (χ0v) is 12.3. The van der Waals surface area contributed by atoms with E-state index in [0.717, 1.165) is 18.7 Å². The van der Waals surface area contributed by atoms with Crippen LogP contribution >= 0.6 is 0 Å². The van der Waals surface area contributed by atoms with Gasteiger partial charge in [0.2, 0.25) is 11.8 Å². The first-order chi connectivity index (χ1) is 9.97. The van der Waals surface area contributed by atoms with E-state index in [9.17, 15) is 9.59 Å². The van der Waals surface area contributed by atoms with Gasteiger partial charge in [-0.25, -0.2) is 4.79 Å². The fourth-order valence-electron chi connectivity index (χ4n) is 2.04. The molecule has 1 unspecified atom stereocenters. The molecule has 1 aliphatic carbocycles. The third-order valence-corrected chi connectivity index (χ3v) is 3.47. The Morgan fingerprint density at radius 2 is 2.14 bits per heavy atom. The number of nitrogens with one attached hydrogen (secondary N) is 1. The van der Waals surface area contributed by atoms with E-state index in [1.54, 1.807) is 13.8 Å². The Balaban J connectivity index is 1.71. The molecule has 1 fully saturated rings. The zero-order valence-electron chi connectivity index (χ0n) is 12.3. The van der Waals surface area contributed by atoms with E-state index in [-0.39, 0.29) is 18.2 Å². The van der Waals surface area contributed by atoms with Crippen molar-refractivity contribution in [1.29, 1.82) is 0 Å². The molecule has 2 rings (SSSR count). The van der Waals surface area contributed by atoms with Crippen LogP contribution in [0.4, 0.5) is 0 Å². The number of aryl methyl sites for hydroxylation is 1. The molecule has 1 aliphatic rings. The lowest BCUT2D eigenvalue weighted by Gasteiger charge is -2.17. The molecule has 1 aromatic rings. The van der Waals surface area contributed by atoms with Gasteiger partial charge in [0.05, 0.1) is 0 Å². The molecule has 0 bridgehead atoms. The molecular weight excluding hydrogens is 274 g/mol. The van der Waals surface area contributed by atoms with E-state index in [1.165, 1.54) is 0 Å². The zero-order chi connectivity index (χ0) is 15.4. The molecule has 0 saturated heterocycles. The summed E-state index contributed by atoms with van der Waals surface area (Å²) in [6.07, 6.45) is 3.58. The molecule has 1 aromatic heterocycles. The summed E-state index contributed by atoms with van der Waals surface area (Å²) in [7, 11) is 0. The molecule has 116 valence electrons. The molecule has 0 aliphatic heterocycles. The van der Waals surface area contributed by atoms with E-state index in [0.29, 0.717) is 24.7 Å². The number of hydrogen-bond donors (Lipinski definition) is 2. The standard InChI is InChI=1S/C14H21N3O4/c1-8(2)12(14(19)20)15-10(18)4-3-5-11-16-13(17-21-11)9-6-7-9/h8-9,12H,3-7H2,1-2H3,(H,15,18)(H,19,20). The lowest BCUT2D eigenvalue weighted by Crippen LogP contribution is -2.44. The van der Waals surface area contributed by atoms with Crippen LogP contribution in [0, 0.1) is 5.92 Å². The minimum absolute atomic E-state index is 0.150. The van der Waals surface area contributed by atoms with Crippen molar-refractivity contribution in [1.82, 2.24) is 15.5 Å². The Morgan fingerprint density at radius 3 is 2.71 bits per heavy atom. The van der Waals surface area contributed by atoms with Crippen LogP contribution in [0.5, 0.6) is 0 Å². The van der Waals surface area contributed by atoms with Crippen LogP contribution in [0.25, 0.3) is 0 Å². The summed E-state index contributed by atoms with van der Waals surface area (Å²) in [5.41, 5.74) is 0. The van der Waals surface area contributed by atoms with E-state index in [2.05, 4.69) is 15.5 Å². The highest BCUT2D eigenvalue weighted by Gasteiger charge is 2.28. The van der Waals surface area contributed by atoms with E-state index in [4.69, 9.17) is 9.63 Å². The van der Waals surface area contributed by atoms with Gasteiger partial charge in [0.25, 0.3) is 0 Å². The van der Waals surface area contributed by atoms with Crippen LogP contribution in [0.2, 0.25) is 0 Å². The second kappa shape index (κ2) is 6.69. The Kier molecular flexibility index (Phi) is 4.93. The monoisotopic (exact) mass is 295 g/mol. The van der Waals surface area contributed by atoms with Crippen LogP contribution in [0.1, 0.15) is 57.2 Å². The predicted molar refractivity (Wildman–Crippen MR) is 73.6 cm³/mol. The SMILES string of the molecule is CC(C)C(NC(=O)CCCc1nc(C2CC2)no1)C(=O)O. The van der Waals surface area contributed by atoms with Gasteiger partial charge in [-0.2, -0.15) is 4.98 Å². The summed E-state index contributed by atoms with van der Waals surface area (Å²) in [6, 6.07) is -0.845. The lowest BCUT2D eigenvalue weighted by molar-refractivity contribution is -0.143. The summed E-state index contributed by atoms with van der Waals surface area (Å²) < 4.78 is 5.12. The summed E-state index contributed by atoms with van der Waals surface area (Å²) in [5.74, 6) is 0.336. The van der Waals surface area contributed by atoms with Crippen molar-refractivity contribution >= 4 is 11.9 Å². The molecule has 1 saturated carbocycles. The maximum absolute atomic E-state index is 11.7. The molecule has 1 atom stereocenters. The fourth-order valence-corrected chi connectivity index (χ4v) is 2.04. The molecule has 21 heavy (non-hydrogen) atoms. The Morgan fingerprint density at radius 1 is 1.43 bits per heavy atom. The number of aliphatic carboxylic acids is 1. The third-order valence-electron chi connectivity index (χ3n) is 3.47. The maximum Gasteiger partial charge on any atom is 0.326 e. The summed E-state index contributed by atoms with van der Waals surface area (Å²) in [6.45, 7) is 3.52. The summed E-state index contributed by atoms with van der Waals surface area (Å²) in [4.78, 5) is 27.0. The van der Waals surface area contributed by atoms with Gasteiger partial charge in [-0.1, -0.05) is 19.0 Å². The predicted octanol–water partition coefficient (Wildman–Crippen LogP) is 1.50. The number of nitrogens with zero attached hydrogens (tertiary/aromatic N) is 2. The van der Waals surface area contributed by atoms with Crippen LogP contribution in [0.3, 0.4) is 0 Å². The summed E-state index contributed by atoms with van der Waals surface area (Å²) >= 11 is 0. The summed E-state index contributed by atoms with van der Waals surface area (Å²) in [5, 5.41) is 15.4. The van der Waals surface area contributed by atoms with E-state index >= 15 is 0 Å². The van der Waals surface area contributed by atoms with Crippen molar-refractivity contribution in [2.24, 2.45) is 5.92 Å². The number of amides is 1. The number of hydrogen-bond acceptors (Lipinski definition) is 5. The van der Waals surface area contributed by atoms with Crippen molar-refractivity contribution in [2.45, 2.75) is 57.9 Å². The highest BCUT2D eigenvalue weighted by Crippen LogP contribution is 2.38. The van der Waals surface area contributed by atoms with Crippen molar-refractivity contribution in [3.63, 3.8) is 0 Å². The Hall–Kier alpha value is -1.92. The lowest BCUT2D eigenvalue weighted by atomic mass is 10.0. The molecule has 0 radical (unpaired) electrons. The average Bonchev–Trinajstić information content (AvgIpc) is 3.16. The minimum Gasteiger partial charge on any atom is -0.480 e. The number of carboxylic acid groups (broad SMARTS) is 1. The molecule has 2 N–H and O–H groups in total. The maximum atomic E-state index is 11.7. The first-order valence-corrected chi connectivity index (χ1v) is 7.32. The van der Waals surface area contributed by atoms with Gasteiger partial charge in [-0.15, -0.1) is 0 Å². The van der Waals surface area contributed by atoms with Crippen molar-refractivity contribution in [3.8, 4) is 0 Å². The van der Waals surface area contributed by atoms with Gasteiger partial charge in [0.1, 0.15) is 6.04 Å². The van der Waals surface area contributed by atoms with Gasteiger partial charge < -0.3 is 14.9 Å². The highest BCUT2D eigenvalue weighted by atomic mass is 16.5. The topological polar surface area (TPSA) is 105 Å². The van der Waals surface area contributed by atoms with Crippen LogP contribution in [-0.4, -0.2) is 33.2 Å². The van der Waals surface area contributed by atoms with Crippen molar-refractivity contribution < 1.29 is 19.2 Å². The molecule has 0 aromatic carbocycles. The number of carbonyl (C=O) groups is 2. The first kappa shape index (κ1) is 15.5. The smallest absolute Gasteiger partial charge is 0.326 e. The fraction of sp³-hybridized carbons (Fsp3) is 0.714. The van der Waals surface area contributed by atoms with Gasteiger partial charge in [-0.3, -0.25) is 4.79 Å². The number of rotatable bonds is 8. The van der Waals surface area contributed by atoms with Crippen molar-refractivity contribution in [3.05, 3.63) is 11.7 Å². The Labute approximate surface area is 123 Å². The van der Waals surface area contributed by atoms with Crippen molar-refractivity contribution in [2.75, 3.05) is 0 Å². The molecule has 0 spiro atoms. The van der Waals surface area contributed by atoms with E-state index in [1.807, 2.05) is 0 Å². The van der Waals surface area contributed by atoms with Gasteiger partial charge in [-0.05, 0) is 25.2 Å². The van der Waals surface area contributed by atoms with E-state index < -0.39 is 12.0 Å². The molecule has 1 amide bonds. The highest BCUT2D eigenvalue weighted by molar-refractivity contribution is 5.83. The first-order valence-electron chi connectivity index (χ1n) is 7.32. The number of carbonyl (C=O) groups excluding carboxylic acids is 1. The van der Waals surface area contributed by atoms with Crippen LogP contribution < -0.4 is 5.32 Å². The molecule has 1 heterocycles. The van der Waals surface area contributed by atoms with Gasteiger partial charge >= 0.3 is 5.97 Å². The molecule has 7 nitrogen and oxygen atoms in total. The van der Waals surface area contributed by atoms with Crippen LogP contribution in [-0.2, 0) is 16.0 Å². The van der Waals surface area contributed by atoms with Gasteiger partial charge in [0.15, 0.2) is 5.82 Å². The number of carboxylic acids is 1. The quantitative estimate of drug-likeness (QED) is 0.753. The normalized spacial score (nSPS) is 16.0. The molecular formula is C14H21N3O4. The Bertz CT molecular complexity index is 508. The average molecular weight is 295 g/mol. The molecule has 7 heteroatoms. The van der Waals surface area contributed by atoms with Crippen LogP contribution in [0.15, 0.2) is 4.52 Å². The largest absolute Gasteiger partial charge is 0.480 e. The second-order valence-electron chi connectivity index (χ2n) is 5.80. The second-order valence-corrected chi connectivity index (χ2v) is 5.80. The minimum atomic E-state index is -1.01. The third kappa shape index (κ3) is 4.54. The number of aromatic nitrogens is 2. The van der Waals surface area contributed by atoms with Gasteiger partial charge in [0, 0.05) is 18.8 Å².